The van der Waals surface area contributed by atoms with Crippen LogP contribution >= 0.6 is 0 Å². The van der Waals surface area contributed by atoms with Crippen LogP contribution in [0.15, 0.2) is 30.6 Å². The number of carbonyl (C=O) groups excluding carboxylic acids is 2. The molecule has 0 spiro atoms. The number of hydrogen-bond donors (Lipinski definition) is 1. The van der Waals surface area contributed by atoms with E-state index in [0.29, 0.717) is 36.3 Å². The number of likely N-dealkylation sites (tertiary alicyclic amines) is 1. The molecule has 1 unspecified atom stereocenters. The number of fused-ring (bicyclic) bond motifs is 1. The average Bonchev–Trinajstić information content (AvgIpc) is 3.56. The second-order valence-corrected chi connectivity index (χ2v) is 11.8. The zero-order valence-electron chi connectivity index (χ0n) is 24.0. The van der Waals surface area contributed by atoms with Gasteiger partial charge in [0.15, 0.2) is 0 Å². The molecule has 11 nitrogen and oxygen atoms in total. The van der Waals surface area contributed by atoms with Gasteiger partial charge in [-0.1, -0.05) is 12.8 Å². The molecule has 1 aliphatic heterocycles. The number of rotatable bonds is 6. The van der Waals surface area contributed by atoms with Gasteiger partial charge >= 0.3 is 6.09 Å². The molecular formula is C29H39N7O4. The van der Waals surface area contributed by atoms with Crippen molar-refractivity contribution in [3.05, 3.63) is 36.3 Å². The van der Waals surface area contributed by atoms with E-state index < -0.39 is 5.60 Å². The fourth-order valence-electron chi connectivity index (χ4n) is 5.35. The first-order valence-corrected chi connectivity index (χ1v) is 14.0. The number of nitrogens with one attached hydrogen (secondary N) is 1. The maximum Gasteiger partial charge on any atom is 0.410 e. The highest BCUT2D eigenvalue weighted by Gasteiger charge is 2.29. The average molecular weight is 550 g/mol. The smallest absolute Gasteiger partial charge is 0.410 e. The molecular weight excluding hydrogens is 510 g/mol. The summed E-state index contributed by atoms with van der Waals surface area (Å²) in [5, 5.41) is 4.02. The number of hydrogen-bond acceptors (Lipinski definition) is 8. The van der Waals surface area contributed by atoms with Crippen molar-refractivity contribution < 1.29 is 19.1 Å². The largest absolute Gasteiger partial charge is 0.487 e. The van der Waals surface area contributed by atoms with E-state index in [0.717, 1.165) is 49.6 Å². The van der Waals surface area contributed by atoms with Crippen molar-refractivity contribution in [3.8, 4) is 5.75 Å². The lowest BCUT2D eigenvalue weighted by atomic mass is 10.1. The van der Waals surface area contributed by atoms with Crippen molar-refractivity contribution >= 4 is 34.8 Å². The zero-order valence-corrected chi connectivity index (χ0v) is 24.0. The highest BCUT2D eigenvalue weighted by molar-refractivity contribution is 5.97. The van der Waals surface area contributed by atoms with Crippen LogP contribution in [-0.4, -0.2) is 80.2 Å². The molecule has 3 aromatic heterocycles. The molecule has 1 N–H and O–H groups in total. The lowest BCUT2D eigenvalue weighted by molar-refractivity contribution is 0.00772. The van der Waals surface area contributed by atoms with Crippen molar-refractivity contribution in [1.29, 1.82) is 0 Å². The number of amides is 2. The predicted octanol–water partition coefficient (Wildman–Crippen LogP) is 5.17. The Labute approximate surface area is 234 Å². The van der Waals surface area contributed by atoms with E-state index in [1.54, 1.807) is 36.3 Å². The highest BCUT2D eigenvalue weighted by Crippen LogP contribution is 2.35. The molecule has 3 aromatic rings. The van der Waals surface area contributed by atoms with Gasteiger partial charge in [-0.25, -0.2) is 14.8 Å². The third-order valence-electron chi connectivity index (χ3n) is 7.20. The number of pyridine rings is 1. The lowest BCUT2D eigenvalue weighted by Crippen LogP contribution is -2.46. The van der Waals surface area contributed by atoms with Crippen LogP contribution in [0.1, 0.15) is 75.8 Å². The highest BCUT2D eigenvalue weighted by atomic mass is 16.6. The number of ether oxygens (including phenoxy) is 2. The monoisotopic (exact) mass is 549 g/mol. The van der Waals surface area contributed by atoms with Crippen molar-refractivity contribution in [2.75, 3.05) is 32.5 Å². The Morgan fingerprint density at radius 2 is 1.82 bits per heavy atom. The van der Waals surface area contributed by atoms with Crippen LogP contribution in [0.3, 0.4) is 0 Å². The van der Waals surface area contributed by atoms with Crippen molar-refractivity contribution in [1.82, 2.24) is 29.3 Å². The summed E-state index contributed by atoms with van der Waals surface area (Å²) in [6, 6.07) is 5.79. The van der Waals surface area contributed by atoms with Gasteiger partial charge in [-0.3, -0.25) is 4.79 Å². The first-order valence-electron chi connectivity index (χ1n) is 14.0. The van der Waals surface area contributed by atoms with Gasteiger partial charge in [0.05, 0.1) is 12.7 Å². The third kappa shape index (κ3) is 6.29. The van der Waals surface area contributed by atoms with Crippen LogP contribution in [0.5, 0.6) is 5.75 Å². The molecule has 2 fully saturated rings. The van der Waals surface area contributed by atoms with E-state index in [-0.39, 0.29) is 24.1 Å². The quantitative estimate of drug-likeness (QED) is 0.448. The minimum atomic E-state index is -0.530. The minimum Gasteiger partial charge on any atom is -0.487 e. The Morgan fingerprint density at radius 1 is 1.05 bits per heavy atom. The molecule has 214 valence electrons. The van der Waals surface area contributed by atoms with E-state index in [2.05, 4.69) is 19.9 Å². The number of aromatic nitrogens is 4. The summed E-state index contributed by atoms with van der Waals surface area (Å²) >= 11 is 0. The Balaban J connectivity index is 1.27. The fraction of sp³-hybridized carbons (Fsp3) is 0.552. The molecule has 5 rings (SSSR count). The summed E-state index contributed by atoms with van der Waals surface area (Å²) in [7, 11) is 3.53. The summed E-state index contributed by atoms with van der Waals surface area (Å²) in [6.45, 7) is 6.73. The Bertz CT molecular complexity index is 1360. The van der Waals surface area contributed by atoms with Crippen molar-refractivity contribution in [3.63, 3.8) is 0 Å². The van der Waals surface area contributed by atoms with Gasteiger partial charge in [0.25, 0.3) is 5.91 Å². The summed E-state index contributed by atoms with van der Waals surface area (Å²) in [6.07, 6.45) is 9.02. The van der Waals surface area contributed by atoms with Gasteiger partial charge in [0, 0.05) is 38.3 Å². The van der Waals surface area contributed by atoms with Gasteiger partial charge in [-0.2, -0.15) is 4.98 Å². The fourth-order valence-corrected chi connectivity index (χ4v) is 5.35. The predicted molar refractivity (Wildman–Crippen MR) is 152 cm³/mol. The maximum absolute atomic E-state index is 12.9. The number of piperidine rings is 1. The first kappa shape index (κ1) is 27.7. The molecule has 1 atom stereocenters. The topological polar surface area (TPSA) is 115 Å². The van der Waals surface area contributed by atoms with Crippen LogP contribution in [0.2, 0.25) is 0 Å². The van der Waals surface area contributed by atoms with Crippen LogP contribution in [0, 0.1) is 0 Å². The van der Waals surface area contributed by atoms with Gasteiger partial charge < -0.3 is 29.2 Å². The summed E-state index contributed by atoms with van der Waals surface area (Å²) in [4.78, 5) is 42.5. The Morgan fingerprint density at radius 3 is 2.50 bits per heavy atom. The van der Waals surface area contributed by atoms with Crippen LogP contribution in [0.4, 0.5) is 16.6 Å². The lowest BCUT2D eigenvalue weighted by Gasteiger charge is -2.34. The normalized spacial score (nSPS) is 18.1. The maximum atomic E-state index is 12.9. The molecule has 0 aromatic carbocycles. The summed E-state index contributed by atoms with van der Waals surface area (Å²) in [5.74, 6) is 1.58. The van der Waals surface area contributed by atoms with Crippen molar-refractivity contribution in [2.24, 2.45) is 0 Å². The molecule has 2 aliphatic rings. The second kappa shape index (κ2) is 11.3. The van der Waals surface area contributed by atoms with Gasteiger partial charge in [0.1, 0.15) is 34.6 Å². The van der Waals surface area contributed by atoms with Crippen molar-refractivity contribution in [2.45, 2.75) is 77.0 Å². The first-order chi connectivity index (χ1) is 19.1. The van der Waals surface area contributed by atoms with Gasteiger partial charge in [0.2, 0.25) is 5.95 Å². The second-order valence-electron chi connectivity index (χ2n) is 11.8. The zero-order chi connectivity index (χ0) is 28.4. The minimum absolute atomic E-state index is 0.0381. The van der Waals surface area contributed by atoms with E-state index in [1.807, 2.05) is 39.0 Å². The Hall–Kier alpha value is -3.89. The van der Waals surface area contributed by atoms with Crippen LogP contribution < -0.4 is 10.1 Å². The molecule has 11 heteroatoms. The number of anilines is 2. The van der Waals surface area contributed by atoms with E-state index in [4.69, 9.17) is 14.5 Å². The standard InChI is InChI=1S/C29H39N7O4/c1-29(2,3)40-28(38)35-14-8-11-22(18-35)39-21-12-13-24(30-17-21)32-27-31-16-19-15-23(26(37)34(4)5)36(25(19)33-27)20-9-6-7-10-20/h12-13,15-17,20,22H,6-11,14,18H2,1-5H3,(H,30,31,32,33). The molecule has 4 heterocycles. The molecule has 40 heavy (non-hydrogen) atoms. The number of nitrogens with zero attached hydrogens (tertiary/aromatic N) is 6. The summed E-state index contributed by atoms with van der Waals surface area (Å²) < 4.78 is 13.7. The molecule has 0 radical (unpaired) electrons. The van der Waals surface area contributed by atoms with Crippen LogP contribution in [0.25, 0.3) is 11.0 Å². The molecule has 1 saturated carbocycles. The molecule has 2 amide bonds. The molecule has 1 aliphatic carbocycles. The number of carbonyl (C=O) groups is 2. The van der Waals surface area contributed by atoms with E-state index in [9.17, 15) is 9.59 Å². The van der Waals surface area contributed by atoms with Gasteiger partial charge in [-0.15, -0.1) is 0 Å². The molecule has 1 saturated heterocycles. The Kier molecular flexibility index (Phi) is 7.82. The van der Waals surface area contributed by atoms with E-state index in [1.165, 1.54) is 0 Å². The third-order valence-corrected chi connectivity index (χ3v) is 7.20. The SMILES string of the molecule is CN(C)C(=O)c1cc2cnc(Nc3ccc(OC4CCCN(C(=O)OC(C)(C)C)C4)cn3)nc2n1C1CCCC1. The van der Waals surface area contributed by atoms with Gasteiger partial charge in [-0.05, 0) is 64.7 Å². The summed E-state index contributed by atoms with van der Waals surface area (Å²) in [5.41, 5.74) is 0.865. The van der Waals surface area contributed by atoms with E-state index >= 15 is 0 Å². The molecule has 0 bridgehead atoms. The van der Waals surface area contributed by atoms with Crippen LogP contribution in [-0.2, 0) is 4.74 Å².